The Bertz CT molecular complexity index is 1200. The lowest BCUT2D eigenvalue weighted by Gasteiger charge is -2.35. The van der Waals surface area contributed by atoms with Crippen LogP contribution in [0.1, 0.15) is 24.0 Å². The molecular formula is C22H23F3N4O4S. The second-order valence-electron chi connectivity index (χ2n) is 8.06. The largest absolute Gasteiger partial charge is 0.417 e. The number of amidine groups is 1. The van der Waals surface area contributed by atoms with Crippen LogP contribution < -0.4 is 4.90 Å². The van der Waals surface area contributed by atoms with Gasteiger partial charge in [0.05, 0.1) is 24.6 Å². The van der Waals surface area contributed by atoms with Crippen molar-refractivity contribution in [2.24, 2.45) is 10.3 Å². The lowest BCUT2D eigenvalue weighted by Crippen LogP contribution is -2.47. The molecule has 2 aliphatic heterocycles. The van der Waals surface area contributed by atoms with Crippen molar-refractivity contribution in [1.82, 2.24) is 9.88 Å². The molecule has 0 aliphatic carbocycles. The fourth-order valence-corrected chi connectivity index (χ4v) is 5.37. The van der Waals surface area contributed by atoms with Crippen LogP contribution in [0.3, 0.4) is 0 Å². The van der Waals surface area contributed by atoms with Gasteiger partial charge >= 0.3 is 6.18 Å². The van der Waals surface area contributed by atoms with Crippen molar-refractivity contribution in [2.75, 3.05) is 38.3 Å². The summed E-state index contributed by atoms with van der Waals surface area (Å²) in [6.07, 6.45) is -2.67. The molecule has 3 heterocycles. The number of rotatable bonds is 5. The number of ether oxygens (including phenoxy) is 1. The average molecular weight is 497 g/mol. The Morgan fingerprint density at radius 3 is 2.68 bits per heavy atom. The molecule has 1 atom stereocenters. The summed E-state index contributed by atoms with van der Waals surface area (Å²) in [5.41, 5.74) is -0.408. The highest BCUT2D eigenvalue weighted by atomic mass is 32.2. The third kappa shape index (κ3) is 4.78. The summed E-state index contributed by atoms with van der Waals surface area (Å²) in [4.78, 5) is 20.5. The molecule has 1 fully saturated rings. The summed E-state index contributed by atoms with van der Waals surface area (Å²) in [7, 11) is -2.34. The molecular weight excluding hydrogens is 473 g/mol. The Morgan fingerprint density at radius 2 is 2.00 bits per heavy atom. The summed E-state index contributed by atoms with van der Waals surface area (Å²) in [5, 5.41) is 0. The predicted molar refractivity (Wildman–Crippen MR) is 118 cm³/mol. The van der Waals surface area contributed by atoms with E-state index in [0.717, 1.165) is 6.07 Å². The SMILES string of the molecule is COCCN(C(=O)[C@H]1CCCN(C2=NS(=O)(=O)c3ccccc32)C1)c1ccc(C(F)(F)F)cn1. The second-order valence-corrected chi connectivity index (χ2v) is 9.63. The first-order chi connectivity index (χ1) is 16.1. The molecule has 182 valence electrons. The number of carbonyl (C=O) groups is 1. The number of piperidine rings is 1. The number of pyridine rings is 1. The average Bonchev–Trinajstić information content (AvgIpc) is 3.10. The number of methoxy groups -OCH3 is 1. The quantitative estimate of drug-likeness (QED) is 0.632. The minimum Gasteiger partial charge on any atom is -0.383 e. The van der Waals surface area contributed by atoms with Gasteiger partial charge in [0.25, 0.3) is 10.0 Å². The van der Waals surface area contributed by atoms with Gasteiger partial charge < -0.3 is 9.64 Å². The maximum atomic E-state index is 13.4. The number of hydrogen-bond donors (Lipinski definition) is 0. The van der Waals surface area contributed by atoms with Crippen molar-refractivity contribution in [3.8, 4) is 0 Å². The van der Waals surface area contributed by atoms with Gasteiger partial charge in [-0.15, -0.1) is 4.40 Å². The van der Waals surface area contributed by atoms with Gasteiger partial charge in [-0.25, -0.2) is 4.98 Å². The molecule has 34 heavy (non-hydrogen) atoms. The molecule has 2 aliphatic rings. The number of amides is 1. The molecule has 0 saturated carbocycles. The van der Waals surface area contributed by atoms with Crippen LogP contribution in [-0.2, 0) is 25.7 Å². The number of carbonyl (C=O) groups excluding carboxylic acids is 1. The number of sulfonamides is 1. The van der Waals surface area contributed by atoms with E-state index in [9.17, 15) is 26.4 Å². The Morgan fingerprint density at radius 1 is 1.24 bits per heavy atom. The van der Waals surface area contributed by atoms with E-state index in [4.69, 9.17) is 4.74 Å². The van der Waals surface area contributed by atoms with Gasteiger partial charge in [-0.05, 0) is 37.1 Å². The zero-order chi connectivity index (χ0) is 24.5. The molecule has 1 saturated heterocycles. The second kappa shape index (κ2) is 9.34. The van der Waals surface area contributed by atoms with Crippen LogP contribution in [0.15, 0.2) is 51.9 Å². The molecule has 0 unspecified atom stereocenters. The van der Waals surface area contributed by atoms with E-state index in [0.29, 0.717) is 37.0 Å². The van der Waals surface area contributed by atoms with Crippen LogP contribution in [0.4, 0.5) is 19.0 Å². The first-order valence-corrected chi connectivity index (χ1v) is 12.1. The van der Waals surface area contributed by atoms with E-state index in [-0.39, 0.29) is 36.3 Å². The molecule has 4 rings (SSSR count). The van der Waals surface area contributed by atoms with Crippen molar-refractivity contribution < 1.29 is 31.1 Å². The molecule has 1 aromatic carbocycles. The molecule has 0 bridgehead atoms. The van der Waals surface area contributed by atoms with Gasteiger partial charge in [0.2, 0.25) is 5.91 Å². The summed E-state index contributed by atoms with van der Waals surface area (Å²) >= 11 is 0. The lowest BCUT2D eigenvalue weighted by atomic mass is 9.95. The van der Waals surface area contributed by atoms with E-state index in [1.807, 2.05) is 0 Å². The maximum Gasteiger partial charge on any atom is 0.417 e. The van der Waals surface area contributed by atoms with Gasteiger partial charge in [0.15, 0.2) is 5.84 Å². The van der Waals surface area contributed by atoms with Crippen LogP contribution in [0.2, 0.25) is 0 Å². The van der Waals surface area contributed by atoms with E-state index < -0.39 is 27.7 Å². The summed E-state index contributed by atoms with van der Waals surface area (Å²) in [6, 6.07) is 8.59. The first kappa shape index (κ1) is 24.1. The van der Waals surface area contributed by atoms with E-state index in [1.54, 1.807) is 23.1 Å². The lowest BCUT2D eigenvalue weighted by molar-refractivity contribution is -0.137. The molecule has 0 N–H and O–H groups in total. The fraction of sp³-hybridized carbons (Fsp3) is 0.409. The Labute approximate surface area is 195 Å². The topological polar surface area (TPSA) is 92.2 Å². The van der Waals surface area contributed by atoms with E-state index >= 15 is 0 Å². The zero-order valence-electron chi connectivity index (χ0n) is 18.3. The molecule has 2 aromatic rings. The molecule has 0 radical (unpaired) electrons. The summed E-state index contributed by atoms with van der Waals surface area (Å²) in [6.45, 7) is 1.04. The van der Waals surface area contributed by atoms with Crippen molar-refractivity contribution in [1.29, 1.82) is 0 Å². The van der Waals surface area contributed by atoms with E-state index in [1.165, 1.54) is 24.1 Å². The standard InChI is InChI=1S/C22H23F3N4O4S/c1-33-12-11-29(19-9-8-16(13-26-19)22(23,24)25)21(30)15-5-4-10-28(14-15)20-17-6-2-3-7-18(17)34(31,32)27-20/h2-3,6-9,13,15H,4-5,10-12,14H2,1H3/t15-/m0/s1. The van der Waals surface area contributed by atoms with Gasteiger partial charge in [0, 0.05) is 32.0 Å². The highest BCUT2D eigenvalue weighted by Gasteiger charge is 2.37. The smallest absolute Gasteiger partial charge is 0.383 e. The third-order valence-corrected chi connectivity index (χ3v) is 7.14. The van der Waals surface area contributed by atoms with E-state index in [2.05, 4.69) is 9.38 Å². The number of anilines is 1. The number of likely N-dealkylation sites (tertiary alicyclic amines) is 1. The molecule has 0 spiro atoms. The molecule has 8 nitrogen and oxygen atoms in total. The maximum absolute atomic E-state index is 13.4. The molecule has 12 heteroatoms. The Balaban J connectivity index is 1.57. The van der Waals surface area contributed by atoms with Crippen molar-refractivity contribution >= 4 is 27.6 Å². The van der Waals surface area contributed by atoms with Crippen molar-refractivity contribution in [3.05, 3.63) is 53.7 Å². The third-order valence-electron chi connectivity index (χ3n) is 5.82. The number of hydrogen-bond acceptors (Lipinski definition) is 6. The van der Waals surface area contributed by atoms with Gasteiger partial charge in [0.1, 0.15) is 10.7 Å². The number of aromatic nitrogens is 1. The monoisotopic (exact) mass is 496 g/mol. The first-order valence-electron chi connectivity index (χ1n) is 10.6. The molecule has 1 aromatic heterocycles. The number of alkyl halides is 3. The predicted octanol–water partition coefficient (Wildman–Crippen LogP) is 2.94. The van der Waals surface area contributed by atoms with Crippen LogP contribution in [0.5, 0.6) is 0 Å². The number of halogens is 3. The highest BCUT2D eigenvalue weighted by Crippen LogP contribution is 2.32. The van der Waals surface area contributed by atoms with Crippen molar-refractivity contribution in [3.63, 3.8) is 0 Å². The number of benzene rings is 1. The van der Waals surface area contributed by atoms with Gasteiger partial charge in [-0.3, -0.25) is 9.69 Å². The molecule has 1 amide bonds. The normalized spacial score (nSPS) is 19.5. The zero-order valence-corrected chi connectivity index (χ0v) is 19.1. The minimum absolute atomic E-state index is 0.0957. The van der Waals surface area contributed by atoms with Crippen LogP contribution in [0, 0.1) is 5.92 Å². The van der Waals surface area contributed by atoms with Crippen molar-refractivity contribution in [2.45, 2.75) is 23.9 Å². The minimum atomic E-state index is -4.53. The van der Waals surface area contributed by atoms with Gasteiger partial charge in [-0.1, -0.05) is 12.1 Å². The van der Waals surface area contributed by atoms with Gasteiger partial charge in [-0.2, -0.15) is 21.6 Å². The number of nitrogens with zero attached hydrogens (tertiary/aromatic N) is 4. The summed E-state index contributed by atoms with van der Waals surface area (Å²) < 4.78 is 72.7. The van der Waals surface area contributed by atoms with Crippen LogP contribution in [0.25, 0.3) is 0 Å². The Hall–Kier alpha value is -2.99. The van der Waals surface area contributed by atoms with Crippen LogP contribution >= 0.6 is 0 Å². The highest BCUT2D eigenvalue weighted by molar-refractivity contribution is 7.90. The summed E-state index contributed by atoms with van der Waals surface area (Å²) in [5.74, 6) is -0.431. The Kier molecular flexibility index (Phi) is 6.63. The van der Waals surface area contributed by atoms with Crippen LogP contribution in [-0.4, -0.2) is 63.4 Å². The fourth-order valence-electron chi connectivity index (χ4n) is 4.14. The number of fused-ring (bicyclic) bond motifs is 1.